The van der Waals surface area contributed by atoms with Gasteiger partial charge in [-0.05, 0) is 18.2 Å². The van der Waals surface area contributed by atoms with Crippen LogP contribution in [0.3, 0.4) is 0 Å². The maximum atomic E-state index is 11.6. The van der Waals surface area contributed by atoms with Crippen LogP contribution in [0.2, 0.25) is 0 Å². The van der Waals surface area contributed by atoms with Gasteiger partial charge < -0.3 is 10.1 Å². The average molecular weight is 242 g/mol. The fraction of sp³-hybridized carbons (Fsp3) is 0.222. The fourth-order valence-corrected chi connectivity index (χ4v) is 2.57. The van der Waals surface area contributed by atoms with Gasteiger partial charge in [0.25, 0.3) is 0 Å². The van der Waals surface area contributed by atoms with Crippen LogP contribution in [0.4, 0.5) is 5.69 Å². The van der Waals surface area contributed by atoms with Crippen LogP contribution in [-0.2, 0) is 14.8 Å². The Kier molecular flexibility index (Phi) is 2.56. The van der Waals surface area contributed by atoms with Gasteiger partial charge in [0.15, 0.2) is 0 Å². The molecule has 0 saturated heterocycles. The summed E-state index contributed by atoms with van der Waals surface area (Å²) < 4.78 is 30.1. The first-order valence-electron chi connectivity index (χ1n) is 4.50. The largest absolute Gasteiger partial charge is 0.465 e. The molecule has 0 saturated carbocycles. The molecular weight excluding hydrogens is 232 g/mol. The summed E-state index contributed by atoms with van der Waals surface area (Å²) in [6.07, 6.45) is 0. The van der Waals surface area contributed by atoms with E-state index in [2.05, 4.69) is 14.8 Å². The van der Waals surface area contributed by atoms with E-state index in [1.165, 1.54) is 19.2 Å². The zero-order valence-electron chi connectivity index (χ0n) is 8.48. The lowest BCUT2D eigenvalue weighted by molar-refractivity contribution is 0.0600. The molecule has 2 N–H and O–H groups in total. The number of rotatable bonds is 1. The Hall–Kier alpha value is -1.60. The number of carbonyl (C=O) groups is 1. The summed E-state index contributed by atoms with van der Waals surface area (Å²) in [6.45, 7) is 0.146. The molecule has 0 atom stereocenters. The summed E-state index contributed by atoms with van der Waals surface area (Å²) in [5.41, 5.74) is 0.682. The molecule has 0 amide bonds. The van der Waals surface area contributed by atoms with Gasteiger partial charge in [-0.1, -0.05) is 0 Å². The molecule has 0 fully saturated rings. The summed E-state index contributed by atoms with van der Waals surface area (Å²) in [7, 11) is -2.28. The molecule has 1 aromatic carbocycles. The van der Waals surface area contributed by atoms with E-state index in [9.17, 15) is 13.2 Å². The number of hydrogen-bond acceptors (Lipinski definition) is 5. The Morgan fingerprint density at radius 1 is 1.44 bits per heavy atom. The molecule has 7 heteroatoms. The summed E-state index contributed by atoms with van der Waals surface area (Å²) in [5, 5.41) is 2.86. The molecule has 1 heterocycles. The molecule has 0 aliphatic carbocycles. The van der Waals surface area contributed by atoms with Crippen molar-refractivity contribution < 1.29 is 17.9 Å². The number of hydrogen-bond donors (Lipinski definition) is 2. The molecule has 6 nitrogen and oxygen atoms in total. The summed E-state index contributed by atoms with van der Waals surface area (Å²) in [4.78, 5) is 11.3. The van der Waals surface area contributed by atoms with Gasteiger partial charge in [0.2, 0.25) is 10.0 Å². The molecule has 0 radical (unpaired) electrons. The highest BCUT2D eigenvalue weighted by Crippen LogP contribution is 2.25. The van der Waals surface area contributed by atoms with Crippen LogP contribution in [0.1, 0.15) is 10.4 Å². The molecular formula is C9H10N2O4S. The smallest absolute Gasteiger partial charge is 0.337 e. The number of methoxy groups -OCH3 is 1. The molecule has 16 heavy (non-hydrogen) atoms. The number of fused-ring (bicyclic) bond motifs is 1. The van der Waals surface area contributed by atoms with Crippen molar-refractivity contribution in [2.24, 2.45) is 0 Å². The Labute approximate surface area is 92.7 Å². The minimum Gasteiger partial charge on any atom is -0.465 e. The number of ether oxygens (including phenoxy) is 1. The van der Waals surface area contributed by atoms with E-state index in [4.69, 9.17) is 0 Å². The van der Waals surface area contributed by atoms with Crippen LogP contribution < -0.4 is 10.0 Å². The lowest BCUT2D eigenvalue weighted by atomic mass is 10.2. The van der Waals surface area contributed by atoms with Gasteiger partial charge >= 0.3 is 5.97 Å². The normalized spacial score (nSPS) is 17.1. The fourth-order valence-electron chi connectivity index (χ4n) is 1.44. The summed E-state index contributed by atoms with van der Waals surface area (Å²) in [5.74, 6) is -0.566. The quantitative estimate of drug-likeness (QED) is 0.684. The number of nitrogens with one attached hydrogen (secondary N) is 2. The highest BCUT2D eigenvalue weighted by atomic mass is 32.2. The van der Waals surface area contributed by atoms with Gasteiger partial charge in [-0.25, -0.2) is 13.2 Å². The van der Waals surface area contributed by atoms with Crippen LogP contribution in [0.5, 0.6) is 0 Å². The third kappa shape index (κ3) is 1.74. The molecule has 1 aliphatic rings. The molecule has 0 spiro atoms. The third-order valence-electron chi connectivity index (χ3n) is 2.23. The second-order valence-corrected chi connectivity index (χ2v) is 4.94. The van der Waals surface area contributed by atoms with Crippen molar-refractivity contribution in [1.82, 2.24) is 4.72 Å². The minimum absolute atomic E-state index is 0.0571. The first-order valence-corrected chi connectivity index (χ1v) is 5.99. The topological polar surface area (TPSA) is 84.5 Å². The zero-order chi connectivity index (χ0) is 11.8. The predicted molar refractivity (Wildman–Crippen MR) is 56.6 cm³/mol. The molecule has 86 valence electrons. The maximum absolute atomic E-state index is 11.6. The maximum Gasteiger partial charge on any atom is 0.337 e. The molecule has 1 aromatic rings. The third-order valence-corrected chi connectivity index (χ3v) is 3.67. The molecule has 0 bridgehead atoms. The minimum atomic E-state index is -3.53. The van der Waals surface area contributed by atoms with Crippen LogP contribution in [0.15, 0.2) is 23.1 Å². The Balaban J connectivity index is 2.56. The second kappa shape index (κ2) is 3.76. The van der Waals surface area contributed by atoms with E-state index in [1.54, 1.807) is 6.07 Å². The van der Waals surface area contributed by atoms with E-state index in [0.717, 1.165) is 0 Å². The van der Waals surface area contributed by atoms with Gasteiger partial charge in [-0.2, -0.15) is 4.72 Å². The number of benzene rings is 1. The van der Waals surface area contributed by atoms with Crippen molar-refractivity contribution in [2.45, 2.75) is 4.90 Å². The van der Waals surface area contributed by atoms with Gasteiger partial charge in [-0.3, -0.25) is 0 Å². The monoisotopic (exact) mass is 242 g/mol. The number of carbonyl (C=O) groups excluding carboxylic acids is 1. The number of sulfonamides is 1. The van der Waals surface area contributed by atoms with Gasteiger partial charge in [0.05, 0.1) is 25.0 Å². The van der Waals surface area contributed by atoms with Crippen molar-refractivity contribution in [3.05, 3.63) is 23.8 Å². The van der Waals surface area contributed by atoms with E-state index in [1.807, 2.05) is 0 Å². The SMILES string of the molecule is COC(=O)c1ccc2c(c1)S(=O)(=O)NCN2. The number of esters is 1. The molecule has 1 aliphatic heterocycles. The van der Waals surface area contributed by atoms with E-state index in [-0.39, 0.29) is 17.1 Å². The Bertz CT molecular complexity index is 538. The van der Waals surface area contributed by atoms with Crippen molar-refractivity contribution in [3.63, 3.8) is 0 Å². The van der Waals surface area contributed by atoms with Gasteiger partial charge in [0, 0.05) is 0 Å². The number of anilines is 1. The van der Waals surface area contributed by atoms with Crippen molar-refractivity contribution in [1.29, 1.82) is 0 Å². The standard InChI is InChI=1S/C9H10N2O4S/c1-15-9(12)6-2-3-7-8(4-6)16(13,14)11-5-10-7/h2-4,10-11H,5H2,1H3. The molecule has 0 aromatic heterocycles. The average Bonchev–Trinajstić information content (AvgIpc) is 2.27. The lowest BCUT2D eigenvalue weighted by Crippen LogP contribution is -2.34. The van der Waals surface area contributed by atoms with E-state index < -0.39 is 16.0 Å². The second-order valence-electron chi connectivity index (χ2n) is 3.20. The first-order chi connectivity index (χ1) is 7.54. The van der Waals surface area contributed by atoms with Crippen molar-refractivity contribution in [2.75, 3.05) is 19.1 Å². The van der Waals surface area contributed by atoms with Crippen LogP contribution in [-0.4, -0.2) is 28.2 Å². The van der Waals surface area contributed by atoms with Crippen molar-refractivity contribution in [3.8, 4) is 0 Å². The Morgan fingerprint density at radius 2 is 2.19 bits per heavy atom. The molecule has 2 rings (SSSR count). The van der Waals surface area contributed by atoms with Crippen LogP contribution in [0.25, 0.3) is 0 Å². The van der Waals surface area contributed by atoms with Gasteiger partial charge in [-0.15, -0.1) is 0 Å². The summed E-state index contributed by atoms with van der Waals surface area (Å²) >= 11 is 0. The van der Waals surface area contributed by atoms with Gasteiger partial charge in [0.1, 0.15) is 4.90 Å². The Morgan fingerprint density at radius 3 is 2.88 bits per heavy atom. The predicted octanol–water partition coefficient (Wildman–Crippen LogP) is 0.134. The molecule has 0 unspecified atom stereocenters. The first kappa shape index (κ1) is 10.9. The van der Waals surface area contributed by atoms with Crippen LogP contribution in [0, 0.1) is 0 Å². The van der Waals surface area contributed by atoms with Crippen molar-refractivity contribution >= 4 is 21.7 Å². The highest BCUT2D eigenvalue weighted by Gasteiger charge is 2.24. The lowest BCUT2D eigenvalue weighted by Gasteiger charge is -2.19. The highest BCUT2D eigenvalue weighted by molar-refractivity contribution is 7.89. The van der Waals surface area contributed by atoms with E-state index >= 15 is 0 Å². The zero-order valence-corrected chi connectivity index (χ0v) is 9.30. The van der Waals surface area contributed by atoms with E-state index in [0.29, 0.717) is 5.69 Å². The summed E-state index contributed by atoms with van der Waals surface area (Å²) in [6, 6.07) is 4.34. The van der Waals surface area contributed by atoms with Crippen LogP contribution >= 0.6 is 0 Å².